The quantitative estimate of drug-likeness (QED) is 0.226. The van der Waals surface area contributed by atoms with Gasteiger partial charge < -0.3 is 4.42 Å². The third-order valence-corrected chi connectivity index (χ3v) is 5.32. The predicted octanol–water partition coefficient (Wildman–Crippen LogP) is 4.72. The van der Waals surface area contributed by atoms with Crippen LogP contribution in [0.5, 0.6) is 0 Å². The maximum atomic E-state index is 6.24. The van der Waals surface area contributed by atoms with Crippen molar-refractivity contribution in [1.29, 1.82) is 0 Å². The maximum absolute atomic E-state index is 6.24. The van der Waals surface area contributed by atoms with Gasteiger partial charge in [0.05, 0.1) is 12.4 Å². The van der Waals surface area contributed by atoms with Crippen LogP contribution in [0.4, 0.5) is 0 Å². The zero-order valence-corrected chi connectivity index (χ0v) is 13.5. The number of aromatic nitrogens is 2. The molecule has 3 heteroatoms. The van der Waals surface area contributed by atoms with Crippen LogP contribution in [0.25, 0.3) is 49.5 Å². The molecule has 0 amide bonds. The number of aryl methyl sites for hydroxylation is 2. The van der Waals surface area contributed by atoms with Gasteiger partial charge >= 0.3 is 0 Å². The molecule has 0 aliphatic carbocycles. The zero-order valence-electron chi connectivity index (χ0n) is 13.5. The summed E-state index contributed by atoms with van der Waals surface area (Å²) in [5.74, 6) is 0. The van der Waals surface area contributed by atoms with Crippen molar-refractivity contribution in [2.24, 2.45) is 7.05 Å². The van der Waals surface area contributed by atoms with Crippen molar-refractivity contribution in [2.75, 3.05) is 0 Å². The Morgan fingerprint density at radius 3 is 2.42 bits per heavy atom. The summed E-state index contributed by atoms with van der Waals surface area (Å²) < 4.78 is 10.9. The minimum atomic E-state index is 0.927. The van der Waals surface area contributed by atoms with Gasteiger partial charge in [-0.25, -0.2) is 4.57 Å². The van der Waals surface area contributed by atoms with Crippen molar-refractivity contribution in [3.63, 3.8) is 0 Å². The van der Waals surface area contributed by atoms with Gasteiger partial charge in [0.15, 0.2) is 22.2 Å². The van der Waals surface area contributed by atoms with Gasteiger partial charge in [0.25, 0.3) is 5.65 Å². The van der Waals surface area contributed by atoms with Crippen LogP contribution in [0.2, 0.25) is 0 Å². The molecule has 3 heterocycles. The van der Waals surface area contributed by atoms with Crippen LogP contribution in [-0.2, 0) is 7.05 Å². The number of fused-ring (bicyclic) bond motifs is 3. The van der Waals surface area contributed by atoms with Crippen molar-refractivity contribution in [3.05, 3.63) is 60.2 Å². The Morgan fingerprint density at radius 1 is 0.833 bits per heavy atom. The van der Waals surface area contributed by atoms with Crippen molar-refractivity contribution < 1.29 is 8.98 Å². The molecule has 0 saturated heterocycles. The lowest BCUT2D eigenvalue weighted by Gasteiger charge is -2.09. The predicted molar refractivity (Wildman–Crippen MR) is 96.8 cm³/mol. The SMILES string of the molecule is Cc1cccc2c3cccc4oc5cccc6c5n(c43)c(c12)[n+]6C. The van der Waals surface area contributed by atoms with Gasteiger partial charge in [0.2, 0.25) is 5.52 Å². The zero-order chi connectivity index (χ0) is 16.0. The molecule has 3 nitrogen and oxygen atoms in total. The van der Waals surface area contributed by atoms with E-state index in [1.54, 1.807) is 0 Å². The number of imidazole rings is 1. The van der Waals surface area contributed by atoms with Crippen LogP contribution in [0.15, 0.2) is 59.0 Å². The topological polar surface area (TPSA) is 21.4 Å². The van der Waals surface area contributed by atoms with E-state index in [4.69, 9.17) is 4.42 Å². The number of benzene rings is 3. The number of para-hydroxylation sites is 2. The summed E-state index contributed by atoms with van der Waals surface area (Å²) in [5.41, 5.74) is 7.89. The highest BCUT2D eigenvalue weighted by Crippen LogP contribution is 2.37. The van der Waals surface area contributed by atoms with Crippen molar-refractivity contribution >= 4 is 49.5 Å². The van der Waals surface area contributed by atoms with E-state index in [1.807, 2.05) is 0 Å². The Bertz CT molecular complexity index is 1420. The average molecular weight is 311 g/mol. The van der Waals surface area contributed by atoms with Crippen LogP contribution in [0, 0.1) is 6.92 Å². The number of hydrogen-bond acceptors (Lipinski definition) is 1. The molecule has 0 N–H and O–H groups in total. The minimum Gasteiger partial charge on any atom is -0.448 e. The molecule has 0 aliphatic rings. The minimum absolute atomic E-state index is 0.927. The van der Waals surface area contributed by atoms with Crippen LogP contribution in [0.3, 0.4) is 0 Å². The number of hydrogen-bond donors (Lipinski definition) is 0. The molecule has 24 heavy (non-hydrogen) atoms. The first-order valence-corrected chi connectivity index (χ1v) is 8.21. The van der Waals surface area contributed by atoms with Gasteiger partial charge in [-0.1, -0.05) is 30.3 Å². The standard InChI is InChI=1S/C21H15N2O/c1-12-6-3-7-13-14-8-4-10-16-19(14)23-20-15(9-5-11-17(20)24-16)22(2)21(23)18(12)13/h3-11H,1-2H3/q+1. The van der Waals surface area contributed by atoms with E-state index in [0.29, 0.717) is 0 Å². The Kier molecular flexibility index (Phi) is 2.00. The normalized spacial score (nSPS) is 12.6. The second kappa shape index (κ2) is 3.88. The van der Waals surface area contributed by atoms with Crippen LogP contribution < -0.4 is 4.57 Å². The Balaban J connectivity index is 2.20. The highest BCUT2D eigenvalue weighted by molar-refractivity contribution is 6.18. The van der Waals surface area contributed by atoms with Crippen molar-refractivity contribution in [3.8, 4) is 0 Å². The maximum Gasteiger partial charge on any atom is 0.296 e. The van der Waals surface area contributed by atoms with Gasteiger partial charge in [-0.3, -0.25) is 0 Å². The summed E-state index contributed by atoms with van der Waals surface area (Å²) in [5, 5.41) is 3.84. The molecule has 0 bridgehead atoms. The molecule has 0 aliphatic heterocycles. The van der Waals surface area contributed by atoms with E-state index in [0.717, 1.165) is 22.2 Å². The lowest BCUT2D eigenvalue weighted by atomic mass is 10.0. The molecule has 3 aromatic carbocycles. The fourth-order valence-corrected chi connectivity index (χ4v) is 4.32. The van der Waals surface area contributed by atoms with Gasteiger partial charge in [-0.15, -0.1) is 0 Å². The Labute approximate surface area is 137 Å². The molecule has 6 aromatic rings. The van der Waals surface area contributed by atoms with Gasteiger partial charge in [-0.05, 0) is 36.8 Å². The summed E-state index contributed by atoms with van der Waals surface area (Å²) in [6.45, 7) is 2.19. The van der Waals surface area contributed by atoms with Crippen LogP contribution in [-0.4, -0.2) is 4.40 Å². The summed E-state index contributed by atoms with van der Waals surface area (Å²) in [4.78, 5) is 0. The number of rotatable bonds is 0. The number of pyridine rings is 1. The van der Waals surface area contributed by atoms with E-state index < -0.39 is 0 Å². The molecule has 0 radical (unpaired) electrons. The van der Waals surface area contributed by atoms with E-state index in [2.05, 4.69) is 77.5 Å². The van der Waals surface area contributed by atoms with E-state index >= 15 is 0 Å². The molecule has 6 rings (SSSR count). The highest BCUT2D eigenvalue weighted by atomic mass is 16.3. The van der Waals surface area contributed by atoms with Gasteiger partial charge in [-0.2, -0.15) is 4.40 Å². The number of nitrogens with zero attached hydrogens (tertiary/aromatic N) is 2. The second-order valence-corrected chi connectivity index (χ2v) is 6.59. The summed E-state index contributed by atoms with van der Waals surface area (Å²) in [7, 11) is 2.15. The molecule has 0 saturated carbocycles. The lowest BCUT2D eigenvalue weighted by Crippen LogP contribution is -2.27. The average Bonchev–Trinajstić information content (AvgIpc) is 2.90. The smallest absolute Gasteiger partial charge is 0.296 e. The van der Waals surface area contributed by atoms with E-state index in [1.165, 1.54) is 32.9 Å². The van der Waals surface area contributed by atoms with Crippen molar-refractivity contribution in [2.45, 2.75) is 6.92 Å². The Hall–Kier alpha value is -3.07. The fourth-order valence-electron chi connectivity index (χ4n) is 4.32. The fraction of sp³-hybridized carbons (Fsp3) is 0.0952. The monoisotopic (exact) mass is 311 g/mol. The summed E-state index contributed by atoms with van der Waals surface area (Å²) >= 11 is 0. The third-order valence-electron chi connectivity index (χ3n) is 5.32. The molecule has 0 atom stereocenters. The third kappa shape index (κ3) is 1.21. The van der Waals surface area contributed by atoms with Crippen molar-refractivity contribution in [1.82, 2.24) is 4.40 Å². The summed E-state index contributed by atoms with van der Waals surface area (Å²) in [6.07, 6.45) is 0. The molecular weight excluding hydrogens is 296 g/mol. The first kappa shape index (κ1) is 12.4. The molecule has 0 fully saturated rings. The largest absolute Gasteiger partial charge is 0.448 e. The Morgan fingerprint density at radius 2 is 1.54 bits per heavy atom. The first-order valence-electron chi connectivity index (χ1n) is 8.21. The van der Waals surface area contributed by atoms with Crippen LogP contribution >= 0.6 is 0 Å². The van der Waals surface area contributed by atoms with E-state index in [9.17, 15) is 0 Å². The highest BCUT2D eigenvalue weighted by Gasteiger charge is 2.28. The molecular formula is C21H15N2O+. The summed E-state index contributed by atoms with van der Waals surface area (Å²) in [6, 6.07) is 19.2. The molecule has 3 aromatic heterocycles. The van der Waals surface area contributed by atoms with Gasteiger partial charge in [0.1, 0.15) is 0 Å². The second-order valence-electron chi connectivity index (χ2n) is 6.59. The van der Waals surface area contributed by atoms with Gasteiger partial charge in [0, 0.05) is 10.8 Å². The molecule has 0 unspecified atom stereocenters. The lowest BCUT2D eigenvalue weighted by molar-refractivity contribution is -0.617. The first-order chi connectivity index (χ1) is 11.8. The molecule has 114 valence electrons. The van der Waals surface area contributed by atoms with E-state index in [-0.39, 0.29) is 0 Å². The molecule has 0 spiro atoms. The van der Waals surface area contributed by atoms with Crippen LogP contribution in [0.1, 0.15) is 5.56 Å².